The zero-order chi connectivity index (χ0) is 14.2. The number of para-hydroxylation sites is 2. The fourth-order valence-corrected chi connectivity index (χ4v) is 1.81. The lowest BCUT2D eigenvalue weighted by Gasteiger charge is -2.11. The number of ether oxygens (including phenoxy) is 2. The number of hydrogen-bond donors (Lipinski definition) is 1. The van der Waals surface area contributed by atoms with E-state index in [1.54, 1.807) is 6.20 Å². The summed E-state index contributed by atoms with van der Waals surface area (Å²) in [6.45, 7) is 6.29. The Balaban J connectivity index is 2.13. The van der Waals surface area contributed by atoms with Crippen molar-refractivity contribution < 1.29 is 9.47 Å². The van der Waals surface area contributed by atoms with Gasteiger partial charge in [-0.3, -0.25) is 4.98 Å². The van der Waals surface area contributed by atoms with Gasteiger partial charge in [0.1, 0.15) is 5.75 Å². The third-order valence-corrected chi connectivity index (χ3v) is 2.72. The van der Waals surface area contributed by atoms with Crippen LogP contribution in [0.5, 0.6) is 17.2 Å². The van der Waals surface area contributed by atoms with E-state index in [1.165, 1.54) is 0 Å². The first kappa shape index (κ1) is 14.3. The molecule has 0 saturated carbocycles. The summed E-state index contributed by atoms with van der Waals surface area (Å²) in [5, 5.41) is 3.24. The Morgan fingerprint density at radius 3 is 2.65 bits per heavy atom. The van der Waals surface area contributed by atoms with Gasteiger partial charge < -0.3 is 14.8 Å². The highest BCUT2D eigenvalue weighted by atomic mass is 16.5. The van der Waals surface area contributed by atoms with Crippen LogP contribution in [0.3, 0.4) is 0 Å². The predicted molar refractivity (Wildman–Crippen MR) is 79.3 cm³/mol. The van der Waals surface area contributed by atoms with Crippen molar-refractivity contribution in [3.63, 3.8) is 0 Å². The van der Waals surface area contributed by atoms with Crippen molar-refractivity contribution in [2.24, 2.45) is 0 Å². The van der Waals surface area contributed by atoms with Crippen molar-refractivity contribution in [3.05, 3.63) is 48.3 Å². The summed E-state index contributed by atoms with van der Waals surface area (Å²) >= 11 is 0. The summed E-state index contributed by atoms with van der Waals surface area (Å²) in [5.41, 5.74) is 0.957. The summed E-state index contributed by atoms with van der Waals surface area (Å²) < 4.78 is 11.4. The standard InChI is InChI=1S/C16H20N2O2/c1-3-17-12-13-11-14(9-10-18-13)20-16-8-6-5-7-15(16)19-4-2/h5-11,17H,3-4,12H2,1-2H3. The zero-order valence-electron chi connectivity index (χ0n) is 11.9. The van der Waals surface area contributed by atoms with E-state index in [1.807, 2.05) is 43.3 Å². The normalized spacial score (nSPS) is 10.3. The molecular formula is C16H20N2O2. The Morgan fingerprint density at radius 1 is 1.10 bits per heavy atom. The molecule has 2 aromatic rings. The van der Waals surface area contributed by atoms with E-state index >= 15 is 0 Å². The van der Waals surface area contributed by atoms with Crippen molar-refractivity contribution in [1.82, 2.24) is 10.3 Å². The fourth-order valence-electron chi connectivity index (χ4n) is 1.81. The van der Waals surface area contributed by atoms with Crippen molar-refractivity contribution in [2.75, 3.05) is 13.2 Å². The number of hydrogen-bond acceptors (Lipinski definition) is 4. The van der Waals surface area contributed by atoms with E-state index in [0.29, 0.717) is 6.61 Å². The Labute approximate surface area is 119 Å². The van der Waals surface area contributed by atoms with Crippen LogP contribution < -0.4 is 14.8 Å². The highest BCUT2D eigenvalue weighted by molar-refractivity contribution is 5.42. The van der Waals surface area contributed by atoms with E-state index in [0.717, 1.165) is 36.0 Å². The second kappa shape index (κ2) is 7.50. The van der Waals surface area contributed by atoms with Gasteiger partial charge in [-0.1, -0.05) is 19.1 Å². The highest BCUT2D eigenvalue weighted by Crippen LogP contribution is 2.31. The lowest BCUT2D eigenvalue weighted by atomic mass is 10.3. The Bertz CT molecular complexity index is 544. The monoisotopic (exact) mass is 272 g/mol. The number of pyridine rings is 1. The summed E-state index contributed by atoms with van der Waals surface area (Å²) in [4.78, 5) is 4.30. The van der Waals surface area contributed by atoms with E-state index in [2.05, 4.69) is 17.2 Å². The van der Waals surface area contributed by atoms with Gasteiger partial charge in [-0.15, -0.1) is 0 Å². The second-order valence-corrected chi connectivity index (χ2v) is 4.25. The minimum atomic E-state index is 0.613. The van der Waals surface area contributed by atoms with Crippen LogP contribution in [-0.2, 0) is 6.54 Å². The maximum atomic E-state index is 5.89. The molecule has 1 heterocycles. The molecule has 1 N–H and O–H groups in total. The Kier molecular flexibility index (Phi) is 5.38. The molecule has 0 saturated heterocycles. The Morgan fingerprint density at radius 2 is 1.90 bits per heavy atom. The molecule has 0 aliphatic rings. The lowest BCUT2D eigenvalue weighted by Crippen LogP contribution is -2.12. The molecule has 1 aromatic heterocycles. The molecule has 1 aromatic carbocycles. The van der Waals surface area contributed by atoms with Crippen LogP contribution in [0.1, 0.15) is 19.5 Å². The Hall–Kier alpha value is -2.07. The predicted octanol–water partition coefficient (Wildman–Crippen LogP) is 3.38. The summed E-state index contributed by atoms with van der Waals surface area (Å²) in [5.74, 6) is 2.23. The van der Waals surface area contributed by atoms with Gasteiger partial charge in [0.2, 0.25) is 0 Å². The molecule has 0 amide bonds. The molecule has 2 rings (SSSR count). The lowest BCUT2D eigenvalue weighted by molar-refractivity contribution is 0.321. The summed E-state index contributed by atoms with van der Waals surface area (Å²) in [7, 11) is 0. The highest BCUT2D eigenvalue weighted by Gasteiger charge is 2.05. The maximum absolute atomic E-state index is 5.89. The number of benzene rings is 1. The average Bonchev–Trinajstić information content (AvgIpc) is 2.48. The first-order chi connectivity index (χ1) is 9.83. The summed E-state index contributed by atoms with van der Waals surface area (Å²) in [6, 6.07) is 11.4. The third kappa shape index (κ3) is 3.96. The SMILES string of the molecule is CCNCc1cc(Oc2ccccc2OCC)ccn1. The number of nitrogens with zero attached hydrogens (tertiary/aromatic N) is 1. The van der Waals surface area contributed by atoms with E-state index < -0.39 is 0 Å². The molecule has 106 valence electrons. The van der Waals surface area contributed by atoms with Gasteiger partial charge in [0.05, 0.1) is 12.3 Å². The van der Waals surface area contributed by atoms with Gasteiger partial charge in [0, 0.05) is 18.8 Å². The molecular weight excluding hydrogens is 252 g/mol. The minimum Gasteiger partial charge on any atom is -0.490 e. The van der Waals surface area contributed by atoms with Gasteiger partial charge in [0.25, 0.3) is 0 Å². The van der Waals surface area contributed by atoms with E-state index in [-0.39, 0.29) is 0 Å². The van der Waals surface area contributed by atoms with Crippen molar-refractivity contribution >= 4 is 0 Å². The summed E-state index contributed by atoms with van der Waals surface area (Å²) in [6.07, 6.45) is 1.76. The smallest absolute Gasteiger partial charge is 0.169 e. The molecule has 0 unspecified atom stereocenters. The van der Waals surface area contributed by atoms with Gasteiger partial charge in [-0.25, -0.2) is 0 Å². The van der Waals surface area contributed by atoms with E-state index in [4.69, 9.17) is 9.47 Å². The fraction of sp³-hybridized carbons (Fsp3) is 0.312. The van der Waals surface area contributed by atoms with Gasteiger partial charge >= 0.3 is 0 Å². The largest absolute Gasteiger partial charge is 0.490 e. The number of aromatic nitrogens is 1. The molecule has 0 bridgehead atoms. The maximum Gasteiger partial charge on any atom is 0.169 e. The van der Waals surface area contributed by atoms with Crippen molar-refractivity contribution in [1.29, 1.82) is 0 Å². The molecule has 0 radical (unpaired) electrons. The zero-order valence-corrected chi connectivity index (χ0v) is 11.9. The van der Waals surface area contributed by atoms with Gasteiger partial charge in [-0.05, 0) is 31.7 Å². The van der Waals surface area contributed by atoms with Crippen LogP contribution in [0.4, 0.5) is 0 Å². The average molecular weight is 272 g/mol. The molecule has 0 atom stereocenters. The number of nitrogens with one attached hydrogen (secondary N) is 1. The van der Waals surface area contributed by atoms with Crippen LogP contribution >= 0.6 is 0 Å². The molecule has 0 spiro atoms. The second-order valence-electron chi connectivity index (χ2n) is 4.25. The molecule has 0 aliphatic carbocycles. The molecule has 0 fully saturated rings. The first-order valence-electron chi connectivity index (χ1n) is 6.88. The minimum absolute atomic E-state index is 0.613. The van der Waals surface area contributed by atoms with Crippen LogP contribution in [-0.4, -0.2) is 18.1 Å². The third-order valence-electron chi connectivity index (χ3n) is 2.72. The van der Waals surface area contributed by atoms with Crippen molar-refractivity contribution in [2.45, 2.75) is 20.4 Å². The molecule has 20 heavy (non-hydrogen) atoms. The molecule has 4 nitrogen and oxygen atoms in total. The van der Waals surface area contributed by atoms with Gasteiger partial charge in [0.15, 0.2) is 11.5 Å². The molecule has 0 aliphatic heterocycles. The van der Waals surface area contributed by atoms with Crippen LogP contribution in [0.25, 0.3) is 0 Å². The van der Waals surface area contributed by atoms with Crippen molar-refractivity contribution in [3.8, 4) is 17.2 Å². The van der Waals surface area contributed by atoms with Crippen LogP contribution in [0.15, 0.2) is 42.6 Å². The topological polar surface area (TPSA) is 43.4 Å². The van der Waals surface area contributed by atoms with Gasteiger partial charge in [-0.2, -0.15) is 0 Å². The first-order valence-corrected chi connectivity index (χ1v) is 6.88. The quantitative estimate of drug-likeness (QED) is 0.839. The van der Waals surface area contributed by atoms with E-state index in [9.17, 15) is 0 Å². The van der Waals surface area contributed by atoms with Crippen LogP contribution in [0, 0.1) is 0 Å². The molecule has 4 heteroatoms. The number of rotatable bonds is 7. The van der Waals surface area contributed by atoms with Crippen LogP contribution in [0.2, 0.25) is 0 Å².